The van der Waals surface area contributed by atoms with Gasteiger partial charge in [0, 0.05) is 6.54 Å². The Labute approximate surface area is 125 Å². The summed E-state index contributed by atoms with van der Waals surface area (Å²) < 4.78 is 0. The molecule has 1 aromatic carbocycles. The molecule has 2 unspecified atom stereocenters. The van der Waals surface area contributed by atoms with Crippen LogP contribution >= 0.6 is 0 Å². The van der Waals surface area contributed by atoms with Gasteiger partial charge < -0.3 is 10.2 Å². The second kappa shape index (κ2) is 5.17. The minimum absolute atomic E-state index is 0.0163. The van der Waals surface area contributed by atoms with Crippen LogP contribution < -0.4 is 5.32 Å². The number of carbonyl (C=O) groups is 2. The highest BCUT2D eigenvalue weighted by Crippen LogP contribution is 2.37. The molecule has 0 radical (unpaired) electrons. The van der Waals surface area contributed by atoms with Gasteiger partial charge in [0.25, 0.3) is 0 Å². The zero-order valence-electron chi connectivity index (χ0n) is 12.6. The summed E-state index contributed by atoms with van der Waals surface area (Å²) in [5.74, 6) is 0.392. The molecule has 21 heavy (non-hydrogen) atoms. The highest BCUT2D eigenvalue weighted by atomic mass is 16.2. The van der Waals surface area contributed by atoms with Crippen molar-refractivity contribution in [3.05, 3.63) is 35.9 Å². The monoisotopic (exact) mass is 286 g/mol. The fourth-order valence-corrected chi connectivity index (χ4v) is 3.01. The lowest BCUT2D eigenvalue weighted by Gasteiger charge is -2.46. The summed E-state index contributed by atoms with van der Waals surface area (Å²) in [6.07, 6.45) is 2.70. The summed E-state index contributed by atoms with van der Waals surface area (Å²) in [5, 5.41) is 2.96. The van der Waals surface area contributed by atoms with Crippen molar-refractivity contribution in [1.29, 1.82) is 0 Å². The lowest BCUT2D eigenvalue weighted by Crippen LogP contribution is -2.69. The molecule has 1 aliphatic carbocycles. The van der Waals surface area contributed by atoms with Gasteiger partial charge in [-0.25, -0.2) is 0 Å². The number of carbonyl (C=O) groups excluding carboxylic acids is 2. The van der Waals surface area contributed by atoms with Crippen molar-refractivity contribution in [2.45, 2.75) is 51.2 Å². The standard InChI is InChI=1S/C17H22N2O2/c1-3-17(2)16(21)18-14(13-9-10-13)15(20)19(17)11-12-7-5-4-6-8-12/h4-8,13-14H,3,9-11H2,1-2H3,(H,18,21). The van der Waals surface area contributed by atoms with Crippen LogP contribution in [0.1, 0.15) is 38.7 Å². The van der Waals surface area contributed by atoms with Crippen LogP contribution in [0.5, 0.6) is 0 Å². The first kappa shape index (κ1) is 14.1. The number of piperazine rings is 1. The number of amides is 2. The molecule has 2 atom stereocenters. The molecule has 1 aliphatic heterocycles. The van der Waals surface area contributed by atoms with E-state index in [0.29, 0.717) is 18.9 Å². The first-order valence-electron chi connectivity index (χ1n) is 7.72. The molecule has 4 nitrogen and oxygen atoms in total. The molecule has 2 amide bonds. The second-order valence-electron chi connectivity index (χ2n) is 6.33. The second-order valence-corrected chi connectivity index (χ2v) is 6.33. The molecule has 1 saturated heterocycles. The van der Waals surface area contributed by atoms with Crippen molar-refractivity contribution in [3.8, 4) is 0 Å². The van der Waals surface area contributed by atoms with Gasteiger partial charge in [-0.1, -0.05) is 37.3 Å². The van der Waals surface area contributed by atoms with Gasteiger partial charge in [0.15, 0.2) is 0 Å². The Morgan fingerprint density at radius 3 is 2.48 bits per heavy atom. The van der Waals surface area contributed by atoms with Gasteiger partial charge in [-0.05, 0) is 37.7 Å². The van der Waals surface area contributed by atoms with E-state index in [1.807, 2.05) is 44.2 Å². The third-order valence-corrected chi connectivity index (χ3v) is 4.87. The number of benzene rings is 1. The molecule has 2 aliphatic rings. The van der Waals surface area contributed by atoms with Crippen molar-refractivity contribution >= 4 is 11.8 Å². The Bertz CT molecular complexity index is 553. The first-order valence-corrected chi connectivity index (χ1v) is 7.72. The first-order chi connectivity index (χ1) is 10.1. The largest absolute Gasteiger partial charge is 0.342 e. The molecular weight excluding hydrogens is 264 g/mol. The zero-order valence-corrected chi connectivity index (χ0v) is 12.6. The van der Waals surface area contributed by atoms with E-state index < -0.39 is 5.54 Å². The van der Waals surface area contributed by atoms with E-state index in [2.05, 4.69) is 5.32 Å². The third kappa shape index (κ3) is 2.43. The summed E-state index contributed by atoms with van der Waals surface area (Å²) >= 11 is 0. The van der Waals surface area contributed by atoms with Crippen LogP contribution in [-0.4, -0.2) is 28.3 Å². The molecule has 0 bridgehead atoms. The van der Waals surface area contributed by atoms with Crippen LogP contribution in [0.15, 0.2) is 30.3 Å². The number of rotatable bonds is 4. The molecular formula is C17H22N2O2. The van der Waals surface area contributed by atoms with E-state index in [-0.39, 0.29) is 17.9 Å². The average molecular weight is 286 g/mol. The quantitative estimate of drug-likeness (QED) is 0.921. The highest BCUT2D eigenvalue weighted by Gasteiger charge is 2.51. The number of hydrogen-bond donors (Lipinski definition) is 1. The summed E-state index contributed by atoms with van der Waals surface area (Å²) in [6, 6.07) is 9.57. The average Bonchev–Trinajstić information content (AvgIpc) is 3.33. The van der Waals surface area contributed by atoms with Crippen LogP contribution in [0, 0.1) is 5.92 Å². The van der Waals surface area contributed by atoms with Gasteiger partial charge in [-0.15, -0.1) is 0 Å². The van der Waals surface area contributed by atoms with Gasteiger partial charge in [0.2, 0.25) is 11.8 Å². The predicted molar refractivity (Wildman–Crippen MR) is 80.3 cm³/mol. The Balaban J connectivity index is 1.90. The van der Waals surface area contributed by atoms with Crippen molar-refractivity contribution < 1.29 is 9.59 Å². The van der Waals surface area contributed by atoms with E-state index in [1.54, 1.807) is 4.90 Å². The molecule has 4 heteroatoms. The van der Waals surface area contributed by atoms with E-state index >= 15 is 0 Å². The fraction of sp³-hybridized carbons (Fsp3) is 0.529. The number of nitrogens with zero attached hydrogens (tertiary/aromatic N) is 1. The number of hydrogen-bond acceptors (Lipinski definition) is 2. The van der Waals surface area contributed by atoms with E-state index in [1.165, 1.54) is 0 Å². The van der Waals surface area contributed by atoms with Gasteiger partial charge in [-0.3, -0.25) is 9.59 Å². The smallest absolute Gasteiger partial charge is 0.246 e. The van der Waals surface area contributed by atoms with E-state index in [4.69, 9.17) is 0 Å². The lowest BCUT2D eigenvalue weighted by atomic mass is 9.89. The SMILES string of the molecule is CCC1(C)C(=O)NC(C2CC2)C(=O)N1Cc1ccccc1. The Kier molecular flexibility index (Phi) is 3.47. The predicted octanol–water partition coefficient (Wildman–Crippen LogP) is 2.09. The van der Waals surface area contributed by atoms with Crippen LogP contribution in [0.2, 0.25) is 0 Å². The molecule has 1 saturated carbocycles. The minimum atomic E-state index is -0.752. The fourth-order valence-electron chi connectivity index (χ4n) is 3.01. The maximum absolute atomic E-state index is 12.8. The summed E-state index contributed by atoms with van der Waals surface area (Å²) in [7, 11) is 0. The molecule has 3 rings (SSSR count). The summed E-state index contributed by atoms with van der Waals surface area (Å²) in [5.41, 5.74) is 0.313. The third-order valence-electron chi connectivity index (χ3n) is 4.87. The molecule has 1 heterocycles. The van der Waals surface area contributed by atoms with Crippen LogP contribution in [0.4, 0.5) is 0 Å². The molecule has 1 aromatic rings. The highest BCUT2D eigenvalue weighted by molar-refractivity contribution is 5.99. The molecule has 0 aromatic heterocycles. The van der Waals surface area contributed by atoms with Crippen LogP contribution in [0.3, 0.4) is 0 Å². The minimum Gasteiger partial charge on any atom is -0.342 e. The van der Waals surface area contributed by atoms with Crippen molar-refractivity contribution in [3.63, 3.8) is 0 Å². The van der Waals surface area contributed by atoms with E-state index in [9.17, 15) is 9.59 Å². The zero-order chi connectivity index (χ0) is 15.0. The van der Waals surface area contributed by atoms with Gasteiger partial charge in [0.05, 0.1) is 0 Å². The molecule has 112 valence electrons. The Morgan fingerprint density at radius 2 is 1.90 bits per heavy atom. The lowest BCUT2D eigenvalue weighted by molar-refractivity contribution is -0.158. The van der Waals surface area contributed by atoms with Gasteiger partial charge >= 0.3 is 0 Å². The molecule has 0 spiro atoms. The molecule has 2 fully saturated rings. The summed E-state index contributed by atoms with van der Waals surface area (Å²) in [6.45, 7) is 4.33. The van der Waals surface area contributed by atoms with Gasteiger partial charge in [0.1, 0.15) is 11.6 Å². The van der Waals surface area contributed by atoms with Crippen molar-refractivity contribution in [1.82, 2.24) is 10.2 Å². The van der Waals surface area contributed by atoms with Crippen molar-refractivity contribution in [2.24, 2.45) is 5.92 Å². The summed E-state index contributed by atoms with van der Waals surface area (Å²) in [4.78, 5) is 27.2. The normalized spacial score (nSPS) is 29.4. The molecule has 1 N–H and O–H groups in total. The van der Waals surface area contributed by atoms with E-state index in [0.717, 1.165) is 18.4 Å². The Hall–Kier alpha value is -1.84. The maximum atomic E-state index is 12.8. The topological polar surface area (TPSA) is 49.4 Å². The van der Waals surface area contributed by atoms with Crippen LogP contribution in [0.25, 0.3) is 0 Å². The maximum Gasteiger partial charge on any atom is 0.246 e. The van der Waals surface area contributed by atoms with Crippen molar-refractivity contribution in [2.75, 3.05) is 0 Å². The van der Waals surface area contributed by atoms with Gasteiger partial charge in [-0.2, -0.15) is 0 Å². The number of nitrogens with one attached hydrogen (secondary N) is 1. The van der Waals surface area contributed by atoms with Crippen LogP contribution in [-0.2, 0) is 16.1 Å². The Morgan fingerprint density at radius 1 is 1.24 bits per heavy atom.